The first-order valence-corrected chi connectivity index (χ1v) is 14.1. The van der Waals surface area contributed by atoms with E-state index in [-0.39, 0.29) is 40.1 Å². The second-order valence-corrected chi connectivity index (χ2v) is 12.4. The van der Waals surface area contributed by atoms with Crippen molar-refractivity contribution in [3.63, 3.8) is 0 Å². The molecule has 0 bridgehead atoms. The second-order valence-electron chi connectivity index (χ2n) is 7.73. The second kappa shape index (κ2) is 10.3. The molecule has 35 heavy (non-hydrogen) atoms. The van der Waals surface area contributed by atoms with Crippen LogP contribution in [0.25, 0.3) is 0 Å². The summed E-state index contributed by atoms with van der Waals surface area (Å²) < 4.78 is 55.5. The van der Waals surface area contributed by atoms with Gasteiger partial charge in [-0.15, -0.1) is 0 Å². The lowest BCUT2D eigenvalue weighted by molar-refractivity contribution is -0.120. The molecule has 3 aromatic rings. The number of hydrogen-bond donors (Lipinski definition) is 1. The van der Waals surface area contributed by atoms with E-state index in [0.717, 1.165) is 8.61 Å². The molecule has 0 aliphatic carbocycles. The lowest BCUT2D eigenvalue weighted by Crippen LogP contribution is -2.60. The number of amides is 1. The molecule has 8 nitrogen and oxygen atoms in total. The van der Waals surface area contributed by atoms with Crippen molar-refractivity contribution < 1.29 is 21.6 Å². The van der Waals surface area contributed by atoms with Crippen LogP contribution in [0.3, 0.4) is 0 Å². The van der Waals surface area contributed by atoms with Crippen LogP contribution in [0.5, 0.6) is 0 Å². The summed E-state index contributed by atoms with van der Waals surface area (Å²) >= 11 is 12.2. The predicted molar refractivity (Wildman–Crippen MR) is 134 cm³/mol. The normalized spacial score (nSPS) is 17.7. The van der Waals surface area contributed by atoms with E-state index in [1.807, 2.05) is 0 Å². The van der Waals surface area contributed by atoms with E-state index >= 15 is 0 Å². The number of anilines is 1. The molecular weight excluding hydrogens is 533 g/mol. The van der Waals surface area contributed by atoms with Gasteiger partial charge in [0.2, 0.25) is 26.0 Å². The summed E-state index contributed by atoms with van der Waals surface area (Å²) in [6.45, 7) is -0.719. The number of piperazine rings is 1. The number of halogens is 2. The lowest BCUT2D eigenvalue weighted by atomic mass is 10.2. The standard InChI is InChI=1S/C23H21Cl2N3O5S2/c24-17-11-12-20(25)21(15-17)26-23(29)22-16-27(34(30,31)18-7-3-1-4-8-18)13-14-28(22)35(32,33)19-9-5-2-6-10-19/h1-12,15,22H,13-14,16H2,(H,26,29)/t22-/m1/s1. The SMILES string of the molecule is O=C(Nc1cc(Cl)ccc1Cl)[C@H]1CN(S(=O)(=O)c2ccccc2)CCN1S(=O)(=O)c1ccccc1. The highest BCUT2D eigenvalue weighted by atomic mass is 35.5. The van der Waals surface area contributed by atoms with Gasteiger partial charge in [-0.05, 0) is 42.5 Å². The fraction of sp³-hybridized carbons (Fsp3) is 0.174. The molecule has 3 aromatic carbocycles. The van der Waals surface area contributed by atoms with Gasteiger partial charge in [0.1, 0.15) is 6.04 Å². The molecular formula is C23H21Cl2N3O5S2. The Morgan fingerprint density at radius 3 is 1.97 bits per heavy atom. The van der Waals surface area contributed by atoms with E-state index in [4.69, 9.17) is 23.2 Å². The Bertz CT molecular complexity index is 1440. The van der Waals surface area contributed by atoms with E-state index < -0.39 is 32.0 Å². The fourth-order valence-electron chi connectivity index (χ4n) is 3.74. The minimum absolute atomic E-state index is 0.00189. The zero-order valence-corrected chi connectivity index (χ0v) is 21.4. The summed E-state index contributed by atoms with van der Waals surface area (Å²) in [7, 11) is -8.07. The van der Waals surface area contributed by atoms with Crippen molar-refractivity contribution in [2.75, 3.05) is 25.0 Å². The van der Waals surface area contributed by atoms with Crippen LogP contribution in [0, 0.1) is 0 Å². The van der Waals surface area contributed by atoms with E-state index in [9.17, 15) is 21.6 Å². The Morgan fingerprint density at radius 1 is 0.800 bits per heavy atom. The van der Waals surface area contributed by atoms with Gasteiger partial charge in [-0.1, -0.05) is 59.6 Å². The van der Waals surface area contributed by atoms with Crippen molar-refractivity contribution in [3.05, 3.63) is 88.9 Å². The van der Waals surface area contributed by atoms with E-state index in [1.165, 1.54) is 36.4 Å². The number of nitrogens with one attached hydrogen (secondary N) is 1. The molecule has 1 saturated heterocycles. The molecule has 1 amide bonds. The van der Waals surface area contributed by atoms with E-state index in [0.29, 0.717) is 5.02 Å². The highest BCUT2D eigenvalue weighted by Gasteiger charge is 2.43. The molecule has 0 aromatic heterocycles. The van der Waals surface area contributed by atoms with Crippen molar-refractivity contribution in [2.45, 2.75) is 15.8 Å². The van der Waals surface area contributed by atoms with Gasteiger partial charge in [-0.25, -0.2) is 16.8 Å². The Hall–Kier alpha value is -2.47. The predicted octanol–water partition coefficient (Wildman–Crippen LogP) is 3.70. The number of nitrogens with zero attached hydrogens (tertiary/aromatic N) is 2. The summed E-state index contributed by atoms with van der Waals surface area (Å²) in [4.78, 5) is 13.4. The Morgan fingerprint density at radius 2 is 1.37 bits per heavy atom. The van der Waals surface area contributed by atoms with Gasteiger partial charge in [0, 0.05) is 24.7 Å². The number of benzene rings is 3. The van der Waals surface area contributed by atoms with Crippen LogP contribution in [0.1, 0.15) is 0 Å². The molecule has 0 saturated carbocycles. The highest BCUT2D eigenvalue weighted by Crippen LogP contribution is 2.29. The molecule has 12 heteroatoms. The summed E-state index contributed by atoms with van der Waals surface area (Å²) in [5.74, 6) is -0.735. The molecule has 0 unspecified atom stereocenters. The smallest absolute Gasteiger partial charge is 0.244 e. The van der Waals surface area contributed by atoms with Gasteiger partial charge >= 0.3 is 0 Å². The van der Waals surface area contributed by atoms with Crippen LogP contribution in [0.4, 0.5) is 5.69 Å². The third kappa shape index (κ3) is 5.37. The van der Waals surface area contributed by atoms with E-state index in [1.54, 1.807) is 42.5 Å². The molecule has 1 aliphatic rings. The lowest BCUT2D eigenvalue weighted by Gasteiger charge is -2.39. The van der Waals surface area contributed by atoms with Crippen molar-refractivity contribution in [1.29, 1.82) is 0 Å². The summed E-state index contributed by atoms with van der Waals surface area (Å²) in [5.41, 5.74) is 0.185. The van der Waals surface area contributed by atoms with Crippen LogP contribution < -0.4 is 5.32 Å². The summed E-state index contributed by atoms with van der Waals surface area (Å²) in [5, 5.41) is 3.12. The minimum atomic E-state index is -4.11. The van der Waals surface area contributed by atoms with Crippen molar-refractivity contribution in [1.82, 2.24) is 8.61 Å². The van der Waals surface area contributed by atoms with Crippen LogP contribution in [-0.4, -0.2) is 57.0 Å². The molecule has 0 spiro atoms. The number of rotatable bonds is 6. The quantitative estimate of drug-likeness (QED) is 0.501. The maximum absolute atomic E-state index is 13.4. The third-order valence-electron chi connectivity index (χ3n) is 5.51. The zero-order chi connectivity index (χ0) is 25.2. The first-order chi connectivity index (χ1) is 16.6. The highest BCUT2D eigenvalue weighted by molar-refractivity contribution is 7.89. The van der Waals surface area contributed by atoms with Gasteiger partial charge in [0.15, 0.2) is 0 Å². The van der Waals surface area contributed by atoms with Gasteiger partial charge < -0.3 is 5.32 Å². The molecule has 1 aliphatic heterocycles. The Kier molecular flexibility index (Phi) is 7.51. The number of carbonyl (C=O) groups is 1. The molecule has 1 atom stereocenters. The molecule has 4 rings (SSSR count). The van der Waals surface area contributed by atoms with Crippen molar-refractivity contribution in [2.24, 2.45) is 0 Å². The monoisotopic (exact) mass is 553 g/mol. The van der Waals surface area contributed by atoms with Gasteiger partial charge in [0.05, 0.1) is 20.5 Å². The van der Waals surface area contributed by atoms with Crippen molar-refractivity contribution >= 4 is 54.8 Å². The molecule has 0 radical (unpaired) electrons. The Labute approximate surface area is 214 Å². The number of sulfonamides is 2. The molecule has 184 valence electrons. The first kappa shape index (κ1) is 25.6. The van der Waals surface area contributed by atoms with Crippen LogP contribution in [-0.2, 0) is 24.8 Å². The molecule has 1 N–H and O–H groups in total. The summed E-state index contributed by atoms with van der Waals surface area (Å²) in [6, 6.07) is 18.5. The number of carbonyl (C=O) groups excluding carboxylic acids is 1. The fourth-order valence-corrected chi connectivity index (χ4v) is 7.13. The molecule has 1 fully saturated rings. The van der Waals surface area contributed by atoms with Gasteiger partial charge in [0.25, 0.3) is 0 Å². The first-order valence-electron chi connectivity index (χ1n) is 10.5. The maximum Gasteiger partial charge on any atom is 0.244 e. The van der Waals surface area contributed by atoms with Gasteiger partial charge in [-0.3, -0.25) is 4.79 Å². The van der Waals surface area contributed by atoms with Crippen LogP contribution >= 0.6 is 23.2 Å². The van der Waals surface area contributed by atoms with Crippen LogP contribution in [0.15, 0.2) is 88.7 Å². The zero-order valence-electron chi connectivity index (χ0n) is 18.2. The Balaban J connectivity index is 1.71. The number of hydrogen-bond acceptors (Lipinski definition) is 5. The summed E-state index contributed by atoms with van der Waals surface area (Å²) in [6.07, 6.45) is 0. The maximum atomic E-state index is 13.4. The van der Waals surface area contributed by atoms with Crippen molar-refractivity contribution in [3.8, 4) is 0 Å². The molecule has 1 heterocycles. The topological polar surface area (TPSA) is 104 Å². The minimum Gasteiger partial charge on any atom is -0.323 e. The van der Waals surface area contributed by atoms with E-state index in [2.05, 4.69) is 5.32 Å². The average molecular weight is 554 g/mol. The van der Waals surface area contributed by atoms with Gasteiger partial charge in [-0.2, -0.15) is 8.61 Å². The largest absolute Gasteiger partial charge is 0.323 e. The average Bonchev–Trinajstić information content (AvgIpc) is 2.87. The van der Waals surface area contributed by atoms with Crippen LogP contribution in [0.2, 0.25) is 10.0 Å². The third-order valence-corrected chi connectivity index (χ3v) is 9.88.